The van der Waals surface area contributed by atoms with Gasteiger partial charge in [-0.3, -0.25) is 4.79 Å². The highest BCUT2D eigenvalue weighted by Crippen LogP contribution is 2.32. The van der Waals surface area contributed by atoms with Crippen LogP contribution in [0.5, 0.6) is 5.75 Å². The van der Waals surface area contributed by atoms with Crippen molar-refractivity contribution in [1.29, 1.82) is 0 Å². The van der Waals surface area contributed by atoms with Crippen LogP contribution in [0.25, 0.3) is 27.2 Å². The molecular weight excluding hydrogens is 326 g/mol. The molecule has 0 spiro atoms. The van der Waals surface area contributed by atoms with E-state index in [2.05, 4.69) is 6.92 Å². The molecule has 1 aromatic heterocycles. The molecule has 0 radical (unpaired) electrons. The Morgan fingerprint density at radius 2 is 2.00 bits per heavy atom. The van der Waals surface area contributed by atoms with Gasteiger partial charge in [-0.25, -0.2) is 0 Å². The molecule has 0 saturated heterocycles. The van der Waals surface area contributed by atoms with Gasteiger partial charge >= 0.3 is 0 Å². The SMILES string of the molecule is CCCOc1cc2ccccc2c2c(=O)c(/C(C)=C/OCC)cn(C)c12. The van der Waals surface area contributed by atoms with Crippen LogP contribution in [0.3, 0.4) is 0 Å². The molecule has 0 atom stereocenters. The van der Waals surface area contributed by atoms with Crippen molar-refractivity contribution in [2.45, 2.75) is 27.2 Å². The molecule has 4 heteroatoms. The number of ether oxygens (including phenoxy) is 2. The Labute approximate surface area is 153 Å². The molecule has 0 saturated carbocycles. The monoisotopic (exact) mass is 351 g/mol. The summed E-state index contributed by atoms with van der Waals surface area (Å²) < 4.78 is 13.3. The maximum atomic E-state index is 13.4. The fourth-order valence-electron chi connectivity index (χ4n) is 3.22. The molecule has 0 bridgehead atoms. The van der Waals surface area contributed by atoms with Crippen molar-refractivity contribution >= 4 is 27.2 Å². The zero-order valence-corrected chi connectivity index (χ0v) is 15.8. The number of pyridine rings is 1. The molecule has 0 amide bonds. The first-order valence-corrected chi connectivity index (χ1v) is 9.05. The van der Waals surface area contributed by atoms with Crippen LogP contribution in [0, 0.1) is 0 Å². The highest BCUT2D eigenvalue weighted by Gasteiger charge is 2.16. The Kier molecular flexibility index (Phi) is 5.31. The van der Waals surface area contributed by atoms with Crippen molar-refractivity contribution in [3.8, 4) is 5.75 Å². The molecule has 26 heavy (non-hydrogen) atoms. The highest BCUT2D eigenvalue weighted by molar-refractivity contribution is 6.09. The lowest BCUT2D eigenvalue weighted by Crippen LogP contribution is -2.14. The Morgan fingerprint density at radius 1 is 1.23 bits per heavy atom. The van der Waals surface area contributed by atoms with Crippen molar-refractivity contribution in [1.82, 2.24) is 4.57 Å². The molecule has 0 N–H and O–H groups in total. The van der Waals surface area contributed by atoms with Crippen LogP contribution < -0.4 is 10.2 Å². The summed E-state index contributed by atoms with van der Waals surface area (Å²) in [6, 6.07) is 9.97. The van der Waals surface area contributed by atoms with E-state index in [1.165, 1.54) is 0 Å². The van der Waals surface area contributed by atoms with E-state index >= 15 is 0 Å². The van der Waals surface area contributed by atoms with Gasteiger partial charge in [-0.1, -0.05) is 31.2 Å². The summed E-state index contributed by atoms with van der Waals surface area (Å²) in [5.74, 6) is 0.748. The lowest BCUT2D eigenvalue weighted by molar-refractivity contribution is 0.270. The number of aromatic nitrogens is 1. The van der Waals surface area contributed by atoms with E-state index in [1.54, 1.807) is 6.26 Å². The lowest BCUT2D eigenvalue weighted by atomic mass is 10.00. The minimum atomic E-state index is 0.00435. The molecular formula is C22H25NO3. The molecule has 4 nitrogen and oxygen atoms in total. The van der Waals surface area contributed by atoms with Crippen molar-refractivity contribution in [2.75, 3.05) is 13.2 Å². The zero-order valence-electron chi connectivity index (χ0n) is 15.8. The molecule has 0 aliphatic carbocycles. The van der Waals surface area contributed by atoms with Crippen LogP contribution in [0.2, 0.25) is 0 Å². The molecule has 3 rings (SSSR count). The second kappa shape index (κ2) is 7.65. The summed E-state index contributed by atoms with van der Waals surface area (Å²) in [4.78, 5) is 13.4. The maximum absolute atomic E-state index is 13.4. The van der Waals surface area contributed by atoms with Gasteiger partial charge in [-0.2, -0.15) is 0 Å². The smallest absolute Gasteiger partial charge is 0.197 e. The third-order valence-corrected chi connectivity index (χ3v) is 4.45. The number of aryl methyl sites for hydroxylation is 1. The summed E-state index contributed by atoms with van der Waals surface area (Å²) in [7, 11) is 1.95. The highest BCUT2D eigenvalue weighted by atomic mass is 16.5. The number of allylic oxidation sites excluding steroid dienone is 1. The average molecular weight is 351 g/mol. The predicted octanol–water partition coefficient (Wildman–Crippen LogP) is 4.88. The minimum Gasteiger partial charge on any atom is -0.501 e. The Balaban J connectivity index is 2.40. The normalized spacial score (nSPS) is 11.9. The number of fused-ring (bicyclic) bond motifs is 3. The van der Waals surface area contributed by atoms with E-state index in [9.17, 15) is 4.79 Å². The number of rotatable bonds is 6. The number of hydrogen-bond donors (Lipinski definition) is 0. The van der Waals surface area contributed by atoms with E-state index in [0.29, 0.717) is 24.2 Å². The van der Waals surface area contributed by atoms with Gasteiger partial charge < -0.3 is 14.0 Å². The maximum Gasteiger partial charge on any atom is 0.197 e. The van der Waals surface area contributed by atoms with Crippen LogP contribution >= 0.6 is 0 Å². The van der Waals surface area contributed by atoms with Gasteiger partial charge in [-0.05, 0) is 42.7 Å². The number of hydrogen-bond acceptors (Lipinski definition) is 3. The average Bonchev–Trinajstić information content (AvgIpc) is 2.66. The molecule has 136 valence electrons. The van der Waals surface area contributed by atoms with E-state index in [0.717, 1.165) is 34.0 Å². The van der Waals surface area contributed by atoms with Gasteiger partial charge in [0, 0.05) is 18.8 Å². The van der Waals surface area contributed by atoms with Gasteiger partial charge in [-0.15, -0.1) is 0 Å². The van der Waals surface area contributed by atoms with Crippen LogP contribution in [0.1, 0.15) is 32.8 Å². The number of benzene rings is 2. The van der Waals surface area contributed by atoms with E-state index < -0.39 is 0 Å². The third kappa shape index (κ3) is 3.19. The summed E-state index contributed by atoms with van der Waals surface area (Å²) in [6.07, 6.45) is 4.43. The zero-order chi connectivity index (χ0) is 18.7. The van der Waals surface area contributed by atoms with E-state index in [-0.39, 0.29) is 5.43 Å². The summed E-state index contributed by atoms with van der Waals surface area (Å²) >= 11 is 0. The minimum absolute atomic E-state index is 0.00435. The Bertz CT molecular complexity index is 1030. The second-order valence-corrected chi connectivity index (χ2v) is 6.41. The first-order valence-electron chi connectivity index (χ1n) is 9.05. The van der Waals surface area contributed by atoms with Crippen LogP contribution in [0.15, 0.2) is 47.6 Å². The second-order valence-electron chi connectivity index (χ2n) is 6.41. The first kappa shape index (κ1) is 18.1. The fourth-order valence-corrected chi connectivity index (χ4v) is 3.22. The van der Waals surface area contributed by atoms with Crippen LogP contribution in [-0.4, -0.2) is 17.8 Å². The van der Waals surface area contributed by atoms with Crippen LogP contribution in [0.4, 0.5) is 0 Å². The largest absolute Gasteiger partial charge is 0.501 e. The van der Waals surface area contributed by atoms with Crippen molar-refractivity contribution in [3.63, 3.8) is 0 Å². The van der Waals surface area contributed by atoms with Crippen molar-refractivity contribution < 1.29 is 9.47 Å². The fraction of sp³-hybridized carbons (Fsp3) is 0.318. The molecule has 3 aromatic rings. The van der Waals surface area contributed by atoms with Gasteiger partial charge in [0.2, 0.25) is 0 Å². The molecule has 0 fully saturated rings. The Morgan fingerprint density at radius 3 is 2.73 bits per heavy atom. The van der Waals surface area contributed by atoms with Crippen molar-refractivity contribution in [3.05, 3.63) is 58.6 Å². The van der Waals surface area contributed by atoms with Gasteiger partial charge in [0.05, 0.1) is 30.4 Å². The van der Waals surface area contributed by atoms with E-state index in [4.69, 9.17) is 9.47 Å². The molecule has 0 aliphatic rings. The molecule has 1 heterocycles. The van der Waals surface area contributed by atoms with Gasteiger partial charge in [0.1, 0.15) is 5.75 Å². The third-order valence-electron chi connectivity index (χ3n) is 4.45. The van der Waals surface area contributed by atoms with E-state index in [1.807, 2.05) is 62.0 Å². The summed E-state index contributed by atoms with van der Waals surface area (Å²) in [5.41, 5.74) is 2.30. The number of nitrogens with zero attached hydrogens (tertiary/aromatic N) is 1. The van der Waals surface area contributed by atoms with Gasteiger partial charge in [0.15, 0.2) is 5.43 Å². The summed E-state index contributed by atoms with van der Waals surface area (Å²) in [5, 5.41) is 2.64. The quantitative estimate of drug-likeness (QED) is 0.469. The van der Waals surface area contributed by atoms with Gasteiger partial charge in [0.25, 0.3) is 0 Å². The molecule has 0 unspecified atom stereocenters. The molecule has 0 aliphatic heterocycles. The predicted molar refractivity (Wildman–Crippen MR) is 108 cm³/mol. The standard InChI is InChI=1S/C22H25NO3/c1-5-11-26-19-12-16-9-7-8-10-17(16)20-21(19)23(4)13-18(22(20)24)15(3)14-25-6-2/h7-10,12-14H,5-6,11H2,1-4H3/b15-14+. The molecule has 2 aromatic carbocycles. The van der Waals surface area contributed by atoms with Crippen LogP contribution in [-0.2, 0) is 11.8 Å². The first-order chi connectivity index (χ1) is 12.6. The topological polar surface area (TPSA) is 40.5 Å². The lowest BCUT2D eigenvalue weighted by Gasteiger charge is -2.16. The van der Waals surface area contributed by atoms with Crippen molar-refractivity contribution in [2.24, 2.45) is 7.05 Å². The Hall–Kier alpha value is -2.75. The summed E-state index contributed by atoms with van der Waals surface area (Å²) in [6.45, 7) is 7.09.